The second-order valence-electron chi connectivity index (χ2n) is 16.7. The predicted octanol–water partition coefficient (Wildman–Crippen LogP) is 16.3. The van der Waals surface area contributed by atoms with Crippen molar-refractivity contribution in [3.63, 3.8) is 0 Å². The van der Waals surface area contributed by atoms with Crippen molar-refractivity contribution in [2.24, 2.45) is 0 Å². The van der Waals surface area contributed by atoms with E-state index in [1.54, 1.807) is 0 Å². The van der Waals surface area contributed by atoms with E-state index in [1.807, 2.05) is 0 Å². The van der Waals surface area contributed by atoms with Crippen molar-refractivity contribution in [3.05, 3.63) is 48.6 Å². The van der Waals surface area contributed by atoms with Crippen LogP contribution in [0, 0.1) is 0 Å². The maximum Gasteiger partial charge on any atom is 0.306 e. The van der Waals surface area contributed by atoms with Crippen molar-refractivity contribution >= 4 is 17.9 Å². The molecule has 0 heterocycles. The Labute approximate surface area is 365 Å². The monoisotopic (exact) mass is 827 g/mol. The quantitative estimate of drug-likeness (QED) is 0.0263. The summed E-state index contributed by atoms with van der Waals surface area (Å²) in [6.45, 7) is 6.53. The minimum absolute atomic E-state index is 0.0853. The smallest absolute Gasteiger partial charge is 0.306 e. The van der Waals surface area contributed by atoms with Crippen LogP contribution in [-0.2, 0) is 28.6 Å². The van der Waals surface area contributed by atoms with E-state index in [2.05, 4.69) is 69.4 Å². The van der Waals surface area contributed by atoms with Gasteiger partial charge in [-0.2, -0.15) is 0 Å². The molecular formula is C53H94O6. The Morgan fingerprint density at radius 3 is 1.00 bits per heavy atom. The van der Waals surface area contributed by atoms with Gasteiger partial charge in [0.05, 0.1) is 0 Å². The minimum atomic E-state index is -0.784. The summed E-state index contributed by atoms with van der Waals surface area (Å²) in [7, 11) is 0. The van der Waals surface area contributed by atoms with Gasteiger partial charge in [-0.25, -0.2) is 0 Å². The number of hydrogen-bond acceptors (Lipinski definition) is 6. The van der Waals surface area contributed by atoms with Gasteiger partial charge in [-0.15, -0.1) is 0 Å². The molecule has 59 heavy (non-hydrogen) atoms. The summed E-state index contributed by atoms with van der Waals surface area (Å²) in [5.74, 6) is -0.913. The van der Waals surface area contributed by atoms with Gasteiger partial charge in [0.25, 0.3) is 0 Å². The molecule has 0 aromatic carbocycles. The van der Waals surface area contributed by atoms with E-state index in [0.29, 0.717) is 19.3 Å². The van der Waals surface area contributed by atoms with Crippen LogP contribution in [0.4, 0.5) is 0 Å². The van der Waals surface area contributed by atoms with Gasteiger partial charge in [0.2, 0.25) is 0 Å². The molecule has 0 aliphatic carbocycles. The van der Waals surface area contributed by atoms with Crippen molar-refractivity contribution in [1.29, 1.82) is 0 Å². The highest BCUT2D eigenvalue weighted by Gasteiger charge is 2.19. The lowest BCUT2D eigenvalue weighted by Crippen LogP contribution is -2.30. The van der Waals surface area contributed by atoms with Crippen LogP contribution in [0.15, 0.2) is 48.6 Å². The molecule has 0 saturated carbocycles. The molecule has 0 rings (SSSR count). The van der Waals surface area contributed by atoms with Crippen molar-refractivity contribution in [2.75, 3.05) is 13.2 Å². The predicted molar refractivity (Wildman–Crippen MR) is 252 cm³/mol. The van der Waals surface area contributed by atoms with Crippen LogP contribution in [0.25, 0.3) is 0 Å². The number of esters is 3. The first-order chi connectivity index (χ1) is 29.0. The third-order valence-corrected chi connectivity index (χ3v) is 10.8. The number of carbonyl (C=O) groups excluding carboxylic acids is 3. The van der Waals surface area contributed by atoms with Crippen LogP contribution in [0.2, 0.25) is 0 Å². The number of rotatable bonds is 45. The Morgan fingerprint density at radius 2 is 0.627 bits per heavy atom. The summed E-state index contributed by atoms with van der Waals surface area (Å²) < 4.78 is 16.7. The summed E-state index contributed by atoms with van der Waals surface area (Å²) in [5.41, 5.74) is 0. The largest absolute Gasteiger partial charge is 0.462 e. The summed E-state index contributed by atoms with van der Waals surface area (Å²) >= 11 is 0. The van der Waals surface area contributed by atoms with Gasteiger partial charge < -0.3 is 14.2 Å². The highest BCUT2D eigenvalue weighted by atomic mass is 16.6. The van der Waals surface area contributed by atoms with Gasteiger partial charge in [0.1, 0.15) is 13.2 Å². The molecule has 0 spiro atoms. The average Bonchev–Trinajstić information content (AvgIpc) is 3.23. The van der Waals surface area contributed by atoms with Crippen molar-refractivity contribution in [3.8, 4) is 0 Å². The normalized spacial score (nSPS) is 12.4. The van der Waals surface area contributed by atoms with E-state index in [-0.39, 0.29) is 31.1 Å². The molecule has 6 heteroatoms. The first-order valence-corrected chi connectivity index (χ1v) is 25.1. The van der Waals surface area contributed by atoms with E-state index in [1.165, 1.54) is 116 Å². The lowest BCUT2D eigenvalue weighted by Gasteiger charge is -2.18. The maximum absolute atomic E-state index is 12.8. The molecule has 342 valence electrons. The Hall–Kier alpha value is -2.63. The van der Waals surface area contributed by atoms with E-state index in [9.17, 15) is 14.4 Å². The molecular weight excluding hydrogens is 733 g/mol. The van der Waals surface area contributed by atoms with E-state index >= 15 is 0 Å². The highest BCUT2D eigenvalue weighted by molar-refractivity contribution is 5.71. The molecule has 0 N–H and O–H groups in total. The van der Waals surface area contributed by atoms with Crippen LogP contribution in [0.5, 0.6) is 0 Å². The topological polar surface area (TPSA) is 78.9 Å². The highest BCUT2D eigenvalue weighted by Crippen LogP contribution is 2.14. The SMILES string of the molecule is CCCC/C=C\C/C=C\CCCCCCCC(=O)OC(COC(=O)CCCCCCC/C=C\CCCC)COC(=O)CCCCCCC/C=C\CCCCCCCCC. The van der Waals surface area contributed by atoms with Gasteiger partial charge in [0.15, 0.2) is 6.10 Å². The number of allylic oxidation sites excluding steroid dienone is 8. The summed E-state index contributed by atoms with van der Waals surface area (Å²) in [6, 6.07) is 0. The molecule has 1 atom stereocenters. The molecule has 0 amide bonds. The van der Waals surface area contributed by atoms with Crippen LogP contribution < -0.4 is 0 Å². The Morgan fingerprint density at radius 1 is 0.339 bits per heavy atom. The molecule has 1 unspecified atom stereocenters. The van der Waals surface area contributed by atoms with Crippen LogP contribution >= 0.6 is 0 Å². The molecule has 0 aromatic heterocycles. The van der Waals surface area contributed by atoms with Gasteiger partial charge in [0, 0.05) is 19.3 Å². The standard InChI is InChI=1S/C53H94O6/c1-4-7-10-13-16-19-22-24-26-27-29-31-34-37-40-43-46-52(55)58-49-50(48-57-51(54)45-42-39-36-33-30-21-18-15-12-9-6-3)59-53(56)47-44-41-38-35-32-28-25-23-20-17-14-11-8-5-2/h14-15,17-18,23,25-27,50H,4-13,16,19-22,24,28-49H2,1-3H3/b17-14-,18-15-,25-23-,27-26-. The Bertz CT molecular complexity index is 1040. The number of unbranched alkanes of at least 4 members (excludes halogenated alkanes) is 26. The fraction of sp³-hybridized carbons (Fsp3) is 0.792. The third-order valence-electron chi connectivity index (χ3n) is 10.8. The number of ether oxygens (including phenoxy) is 3. The van der Waals surface area contributed by atoms with Gasteiger partial charge in [-0.05, 0) is 89.9 Å². The average molecular weight is 827 g/mol. The zero-order valence-corrected chi connectivity index (χ0v) is 39.0. The fourth-order valence-electron chi connectivity index (χ4n) is 6.90. The van der Waals surface area contributed by atoms with Crippen LogP contribution in [0.1, 0.15) is 252 Å². The Balaban J connectivity index is 4.39. The first-order valence-electron chi connectivity index (χ1n) is 25.1. The van der Waals surface area contributed by atoms with Crippen LogP contribution in [-0.4, -0.2) is 37.2 Å². The van der Waals surface area contributed by atoms with E-state index in [0.717, 1.165) is 96.3 Å². The van der Waals surface area contributed by atoms with Crippen molar-refractivity contribution in [2.45, 2.75) is 258 Å². The molecule has 0 aromatic rings. The van der Waals surface area contributed by atoms with E-state index < -0.39 is 6.10 Å². The summed E-state index contributed by atoms with van der Waals surface area (Å²) in [6.07, 6.45) is 56.6. The van der Waals surface area contributed by atoms with Gasteiger partial charge in [-0.1, -0.05) is 191 Å². The fourth-order valence-corrected chi connectivity index (χ4v) is 6.90. The van der Waals surface area contributed by atoms with Crippen molar-refractivity contribution in [1.82, 2.24) is 0 Å². The zero-order chi connectivity index (χ0) is 43.0. The number of hydrogen-bond donors (Lipinski definition) is 0. The molecule has 0 bridgehead atoms. The first kappa shape index (κ1) is 56.4. The molecule has 0 aliphatic heterocycles. The molecule has 0 fully saturated rings. The lowest BCUT2D eigenvalue weighted by atomic mass is 10.1. The minimum Gasteiger partial charge on any atom is -0.462 e. The second kappa shape index (κ2) is 48.0. The summed E-state index contributed by atoms with van der Waals surface area (Å²) in [4.78, 5) is 37.9. The van der Waals surface area contributed by atoms with Crippen molar-refractivity contribution < 1.29 is 28.6 Å². The zero-order valence-electron chi connectivity index (χ0n) is 39.0. The second-order valence-corrected chi connectivity index (χ2v) is 16.7. The molecule has 0 radical (unpaired) electrons. The molecule has 6 nitrogen and oxygen atoms in total. The lowest BCUT2D eigenvalue weighted by molar-refractivity contribution is -0.167. The number of carbonyl (C=O) groups is 3. The molecule has 0 aliphatic rings. The summed E-state index contributed by atoms with van der Waals surface area (Å²) in [5, 5.41) is 0. The van der Waals surface area contributed by atoms with Gasteiger partial charge >= 0.3 is 17.9 Å². The maximum atomic E-state index is 12.8. The third kappa shape index (κ3) is 46.3. The molecule has 0 saturated heterocycles. The Kier molecular flexibility index (Phi) is 45.9. The van der Waals surface area contributed by atoms with Crippen LogP contribution in [0.3, 0.4) is 0 Å². The van der Waals surface area contributed by atoms with E-state index in [4.69, 9.17) is 14.2 Å². The van der Waals surface area contributed by atoms with Gasteiger partial charge in [-0.3, -0.25) is 14.4 Å².